The van der Waals surface area contributed by atoms with Gasteiger partial charge >= 0.3 is 6.03 Å². The Labute approximate surface area is 181 Å². The maximum Gasteiger partial charge on any atom is 0.319 e. The number of aromatic nitrogens is 1. The van der Waals surface area contributed by atoms with E-state index in [0.29, 0.717) is 30.9 Å². The largest absolute Gasteiger partial charge is 0.353 e. The van der Waals surface area contributed by atoms with Crippen LogP contribution in [-0.4, -0.2) is 67.0 Å². The minimum absolute atomic E-state index is 0.0206. The zero-order valence-corrected chi connectivity index (χ0v) is 17.6. The van der Waals surface area contributed by atoms with Crippen LogP contribution in [0.5, 0.6) is 0 Å². The quantitative estimate of drug-likeness (QED) is 0.627. The van der Waals surface area contributed by atoms with E-state index in [4.69, 9.17) is 0 Å². The fourth-order valence-corrected chi connectivity index (χ4v) is 3.31. The molecule has 9 nitrogen and oxygen atoms in total. The molecule has 0 atom stereocenters. The average molecular weight is 425 g/mol. The van der Waals surface area contributed by atoms with Gasteiger partial charge in [0.2, 0.25) is 5.91 Å². The number of urea groups is 1. The first kappa shape index (κ1) is 22.1. The van der Waals surface area contributed by atoms with Crippen molar-refractivity contribution in [2.45, 2.75) is 13.3 Å². The summed E-state index contributed by atoms with van der Waals surface area (Å²) in [5, 5.41) is 8.11. The molecule has 4 amide bonds. The molecular formula is C22H28N6O3. The first-order valence-electron chi connectivity index (χ1n) is 10.4. The van der Waals surface area contributed by atoms with E-state index in [-0.39, 0.29) is 24.8 Å². The summed E-state index contributed by atoms with van der Waals surface area (Å²) in [6, 6.07) is 12.0. The van der Waals surface area contributed by atoms with Crippen molar-refractivity contribution in [3.05, 3.63) is 54.2 Å². The highest BCUT2D eigenvalue weighted by molar-refractivity contribution is 5.95. The third kappa shape index (κ3) is 6.43. The van der Waals surface area contributed by atoms with E-state index in [1.165, 1.54) is 0 Å². The lowest BCUT2D eigenvalue weighted by Crippen LogP contribution is -2.49. The number of benzene rings is 1. The number of nitrogens with one attached hydrogen (secondary N) is 3. The summed E-state index contributed by atoms with van der Waals surface area (Å²) in [5.41, 5.74) is 1.10. The molecule has 164 valence electrons. The van der Waals surface area contributed by atoms with Gasteiger partial charge < -0.3 is 25.8 Å². The van der Waals surface area contributed by atoms with Crippen molar-refractivity contribution in [1.82, 2.24) is 20.5 Å². The van der Waals surface area contributed by atoms with E-state index in [1.807, 2.05) is 30.0 Å². The molecule has 2 heterocycles. The molecule has 0 spiro atoms. The lowest BCUT2D eigenvalue weighted by molar-refractivity contribution is -0.131. The van der Waals surface area contributed by atoms with Crippen molar-refractivity contribution in [3.63, 3.8) is 0 Å². The molecule has 0 saturated carbocycles. The molecule has 1 aromatic carbocycles. The van der Waals surface area contributed by atoms with Gasteiger partial charge in [-0.15, -0.1) is 0 Å². The van der Waals surface area contributed by atoms with Crippen molar-refractivity contribution < 1.29 is 14.4 Å². The number of hydrogen-bond donors (Lipinski definition) is 3. The van der Waals surface area contributed by atoms with Crippen molar-refractivity contribution in [3.8, 4) is 0 Å². The van der Waals surface area contributed by atoms with Crippen LogP contribution in [0, 0.1) is 0 Å². The van der Waals surface area contributed by atoms with Gasteiger partial charge in [0.1, 0.15) is 5.82 Å². The first-order valence-corrected chi connectivity index (χ1v) is 10.4. The number of nitrogens with zero attached hydrogens (tertiary/aromatic N) is 3. The van der Waals surface area contributed by atoms with Gasteiger partial charge in [0.25, 0.3) is 5.91 Å². The predicted molar refractivity (Wildman–Crippen MR) is 119 cm³/mol. The number of rotatable bonds is 7. The minimum Gasteiger partial charge on any atom is -0.353 e. The lowest BCUT2D eigenvalue weighted by Gasteiger charge is -2.35. The molecular weight excluding hydrogens is 396 g/mol. The number of piperazine rings is 1. The number of amides is 4. The van der Waals surface area contributed by atoms with Crippen molar-refractivity contribution in [1.29, 1.82) is 0 Å². The normalized spacial score (nSPS) is 13.5. The second kappa shape index (κ2) is 11.0. The minimum atomic E-state index is -0.390. The molecule has 31 heavy (non-hydrogen) atoms. The van der Waals surface area contributed by atoms with E-state index in [2.05, 4.69) is 25.8 Å². The Bertz CT molecular complexity index is 880. The molecule has 1 aromatic heterocycles. The molecule has 0 radical (unpaired) electrons. The highest BCUT2D eigenvalue weighted by Gasteiger charge is 2.21. The highest BCUT2D eigenvalue weighted by atomic mass is 16.2. The van der Waals surface area contributed by atoms with Crippen LogP contribution in [0.25, 0.3) is 0 Å². The van der Waals surface area contributed by atoms with Crippen molar-refractivity contribution >= 4 is 29.4 Å². The Kier molecular flexibility index (Phi) is 7.80. The van der Waals surface area contributed by atoms with Gasteiger partial charge in [0.05, 0.1) is 0 Å². The Hall–Kier alpha value is -3.62. The van der Waals surface area contributed by atoms with Crippen LogP contribution in [0.4, 0.5) is 16.3 Å². The fourth-order valence-electron chi connectivity index (χ4n) is 3.31. The second-order valence-corrected chi connectivity index (χ2v) is 7.12. The molecule has 1 aliphatic heterocycles. The average Bonchev–Trinajstić information content (AvgIpc) is 2.80. The smallest absolute Gasteiger partial charge is 0.319 e. The molecule has 1 aliphatic rings. The summed E-state index contributed by atoms with van der Waals surface area (Å²) < 4.78 is 0. The lowest BCUT2D eigenvalue weighted by atomic mass is 10.2. The zero-order chi connectivity index (χ0) is 22.1. The van der Waals surface area contributed by atoms with Gasteiger partial charge in [-0.05, 0) is 43.3 Å². The number of carbonyl (C=O) groups excluding carboxylic acids is 3. The standard InChI is InChI=1S/C22H28N6O3/c1-2-23-21(30)17-6-8-18(9-7-17)26-22(31)25-12-10-20(29)28-15-13-27(14-16-28)19-5-3-4-11-24-19/h3-9,11H,2,10,12-16H2,1H3,(H,23,30)(H2,25,26,31). The summed E-state index contributed by atoms with van der Waals surface area (Å²) in [5.74, 6) is 0.789. The Morgan fingerprint density at radius 1 is 0.968 bits per heavy atom. The fraction of sp³-hybridized carbons (Fsp3) is 0.364. The Morgan fingerprint density at radius 3 is 2.35 bits per heavy atom. The van der Waals surface area contributed by atoms with Crippen LogP contribution >= 0.6 is 0 Å². The summed E-state index contributed by atoms with van der Waals surface area (Å²) in [6.45, 7) is 5.41. The molecule has 2 aromatic rings. The number of pyridine rings is 1. The van der Waals surface area contributed by atoms with E-state index in [9.17, 15) is 14.4 Å². The predicted octanol–water partition coefficient (Wildman–Crippen LogP) is 1.69. The van der Waals surface area contributed by atoms with Crippen LogP contribution in [0.3, 0.4) is 0 Å². The summed E-state index contributed by atoms with van der Waals surface area (Å²) >= 11 is 0. The molecule has 3 N–H and O–H groups in total. The monoisotopic (exact) mass is 424 g/mol. The SMILES string of the molecule is CCNC(=O)c1ccc(NC(=O)NCCC(=O)N2CCN(c3ccccn3)CC2)cc1. The topological polar surface area (TPSA) is 107 Å². The molecule has 1 saturated heterocycles. The number of hydrogen-bond acceptors (Lipinski definition) is 5. The maximum absolute atomic E-state index is 12.4. The van der Waals surface area contributed by atoms with Crippen LogP contribution < -0.4 is 20.9 Å². The van der Waals surface area contributed by atoms with Crippen LogP contribution in [0.2, 0.25) is 0 Å². The van der Waals surface area contributed by atoms with Gasteiger partial charge in [-0.3, -0.25) is 9.59 Å². The summed E-state index contributed by atoms with van der Waals surface area (Å²) in [4.78, 5) is 44.5. The van der Waals surface area contributed by atoms with Crippen LogP contribution in [-0.2, 0) is 4.79 Å². The van der Waals surface area contributed by atoms with E-state index in [0.717, 1.165) is 18.9 Å². The van der Waals surface area contributed by atoms with E-state index in [1.54, 1.807) is 30.5 Å². The molecule has 0 aliphatic carbocycles. The van der Waals surface area contributed by atoms with E-state index < -0.39 is 6.03 Å². The molecule has 0 unspecified atom stereocenters. The second-order valence-electron chi connectivity index (χ2n) is 7.12. The van der Waals surface area contributed by atoms with Crippen LogP contribution in [0.15, 0.2) is 48.7 Å². The van der Waals surface area contributed by atoms with Gasteiger partial charge in [-0.25, -0.2) is 9.78 Å². The van der Waals surface area contributed by atoms with E-state index >= 15 is 0 Å². The van der Waals surface area contributed by atoms with Crippen molar-refractivity contribution in [2.24, 2.45) is 0 Å². The number of anilines is 2. The molecule has 0 bridgehead atoms. The zero-order valence-electron chi connectivity index (χ0n) is 17.6. The molecule has 3 rings (SSSR count). The third-order valence-corrected chi connectivity index (χ3v) is 4.97. The summed E-state index contributed by atoms with van der Waals surface area (Å²) in [7, 11) is 0. The maximum atomic E-state index is 12.4. The molecule has 9 heteroatoms. The Balaban J connectivity index is 1.36. The van der Waals surface area contributed by atoms with Gasteiger partial charge in [0.15, 0.2) is 0 Å². The summed E-state index contributed by atoms with van der Waals surface area (Å²) in [6.07, 6.45) is 2.01. The molecule has 1 fully saturated rings. The van der Waals surface area contributed by atoms with Gasteiger partial charge in [-0.1, -0.05) is 6.07 Å². The van der Waals surface area contributed by atoms with Gasteiger partial charge in [0, 0.05) is 63.1 Å². The van der Waals surface area contributed by atoms with Crippen molar-refractivity contribution in [2.75, 3.05) is 49.5 Å². The number of carbonyl (C=O) groups is 3. The van der Waals surface area contributed by atoms with Crippen LogP contribution in [0.1, 0.15) is 23.7 Å². The third-order valence-electron chi connectivity index (χ3n) is 4.97. The van der Waals surface area contributed by atoms with Gasteiger partial charge in [-0.2, -0.15) is 0 Å². The first-order chi connectivity index (χ1) is 15.1. The Morgan fingerprint density at radius 2 is 1.71 bits per heavy atom. The highest BCUT2D eigenvalue weighted by Crippen LogP contribution is 2.13.